The molecule has 0 radical (unpaired) electrons. The van der Waals surface area contributed by atoms with Crippen molar-refractivity contribution >= 4 is 6.29 Å². The number of ether oxygens (including phenoxy) is 1. The molecule has 2 aromatic carbocycles. The molecule has 0 aliphatic rings. The number of nitrogens with zero attached hydrogens (tertiary/aromatic N) is 1. The summed E-state index contributed by atoms with van der Waals surface area (Å²) in [5.74, 6) is 0.586. The van der Waals surface area contributed by atoms with Gasteiger partial charge < -0.3 is 4.74 Å². The van der Waals surface area contributed by atoms with Crippen LogP contribution in [0.1, 0.15) is 21.5 Å². The smallest absolute Gasteiger partial charge is 0.154 e. The number of carbonyl (C=O) groups excluding carboxylic acids is 1. The Labute approximate surface area is 135 Å². The van der Waals surface area contributed by atoms with Gasteiger partial charge in [0.25, 0.3) is 0 Å². The monoisotopic (exact) mass is 303 g/mol. The Balaban J connectivity index is 1.92. The molecule has 0 N–H and O–H groups in total. The van der Waals surface area contributed by atoms with Crippen molar-refractivity contribution in [2.45, 2.75) is 13.5 Å². The minimum atomic E-state index is 0.428. The highest BCUT2D eigenvalue weighted by molar-refractivity contribution is 5.90. The maximum atomic E-state index is 11.6. The summed E-state index contributed by atoms with van der Waals surface area (Å²) in [6.07, 6.45) is 4.40. The number of hydrogen-bond donors (Lipinski definition) is 0. The van der Waals surface area contributed by atoms with Crippen LogP contribution in [0.2, 0.25) is 0 Å². The van der Waals surface area contributed by atoms with Crippen LogP contribution >= 0.6 is 0 Å². The maximum absolute atomic E-state index is 11.6. The maximum Gasteiger partial charge on any atom is 0.154 e. The molecule has 114 valence electrons. The lowest BCUT2D eigenvalue weighted by Gasteiger charge is -2.12. The van der Waals surface area contributed by atoms with Crippen LogP contribution in [0.3, 0.4) is 0 Å². The van der Waals surface area contributed by atoms with E-state index >= 15 is 0 Å². The molecule has 0 atom stereocenters. The molecule has 0 fully saturated rings. The van der Waals surface area contributed by atoms with Crippen molar-refractivity contribution in [3.63, 3.8) is 0 Å². The molecule has 0 unspecified atom stereocenters. The number of pyridine rings is 1. The van der Waals surface area contributed by atoms with E-state index in [0.717, 1.165) is 28.5 Å². The molecule has 0 saturated carbocycles. The second-order valence-electron chi connectivity index (χ2n) is 5.36. The second-order valence-corrected chi connectivity index (χ2v) is 5.36. The number of aromatic nitrogens is 1. The van der Waals surface area contributed by atoms with Crippen molar-refractivity contribution < 1.29 is 9.53 Å². The van der Waals surface area contributed by atoms with Crippen molar-refractivity contribution in [1.82, 2.24) is 4.98 Å². The van der Waals surface area contributed by atoms with Crippen LogP contribution in [0.5, 0.6) is 5.75 Å². The molecular formula is C20H17NO2. The summed E-state index contributed by atoms with van der Waals surface area (Å²) in [4.78, 5) is 15.8. The Morgan fingerprint density at radius 2 is 1.87 bits per heavy atom. The third-order valence-corrected chi connectivity index (χ3v) is 3.61. The predicted octanol–water partition coefficient (Wildman–Crippen LogP) is 4.45. The summed E-state index contributed by atoms with van der Waals surface area (Å²) in [6, 6.07) is 17.5. The number of rotatable bonds is 5. The van der Waals surface area contributed by atoms with Gasteiger partial charge in [-0.2, -0.15) is 0 Å². The number of hydrogen-bond acceptors (Lipinski definition) is 3. The fourth-order valence-corrected chi connectivity index (χ4v) is 2.48. The highest BCUT2D eigenvalue weighted by atomic mass is 16.5. The van der Waals surface area contributed by atoms with Gasteiger partial charge in [-0.1, -0.05) is 42.5 Å². The molecule has 0 spiro atoms. The summed E-state index contributed by atoms with van der Waals surface area (Å²) < 4.78 is 5.85. The molecule has 3 nitrogen and oxygen atoms in total. The van der Waals surface area contributed by atoms with Crippen molar-refractivity contribution in [2.75, 3.05) is 0 Å². The summed E-state index contributed by atoms with van der Waals surface area (Å²) in [5.41, 5.74) is 4.41. The van der Waals surface area contributed by atoms with E-state index in [9.17, 15) is 4.79 Å². The SMILES string of the molecule is Cc1cncc(-c2cccc(OCc3ccccc3)c2C=O)c1. The zero-order chi connectivity index (χ0) is 16.1. The largest absolute Gasteiger partial charge is 0.488 e. The van der Waals surface area contributed by atoms with Crippen LogP contribution in [-0.2, 0) is 6.61 Å². The van der Waals surface area contributed by atoms with Crippen LogP contribution in [-0.4, -0.2) is 11.3 Å². The Kier molecular flexibility index (Phi) is 4.48. The van der Waals surface area contributed by atoms with E-state index in [2.05, 4.69) is 4.98 Å². The molecule has 0 amide bonds. The number of benzene rings is 2. The van der Waals surface area contributed by atoms with E-state index in [1.54, 1.807) is 12.4 Å². The van der Waals surface area contributed by atoms with Crippen molar-refractivity contribution in [2.24, 2.45) is 0 Å². The molecule has 1 aromatic heterocycles. The summed E-state index contributed by atoms with van der Waals surface area (Å²) in [6.45, 7) is 2.41. The average Bonchev–Trinajstić information content (AvgIpc) is 2.60. The molecule has 3 aromatic rings. The summed E-state index contributed by atoms with van der Waals surface area (Å²) >= 11 is 0. The Morgan fingerprint density at radius 1 is 1.04 bits per heavy atom. The van der Waals surface area contributed by atoms with E-state index in [4.69, 9.17) is 4.74 Å². The van der Waals surface area contributed by atoms with Crippen molar-refractivity contribution in [3.05, 3.63) is 83.7 Å². The van der Waals surface area contributed by atoms with Crippen LogP contribution in [0, 0.1) is 6.92 Å². The van der Waals surface area contributed by atoms with Crippen LogP contribution in [0.15, 0.2) is 67.0 Å². The summed E-state index contributed by atoms with van der Waals surface area (Å²) in [5, 5.41) is 0. The van der Waals surface area contributed by atoms with Gasteiger partial charge in [0, 0.05) is 18.0 Å². The zero-order valence-electron chi connectivity index (χ0n) is 12.9. The van der Waals surface area contributed by atoms with Crippen LogP contribution in [0.4, 0.5) is 0 Å². The van der Waals surface area contributed by atoms with Gasteiger partial charge in [-0.05, 0) is 35.7 Å². The molecule has 3 rings (SSSR count). The fourth-order valence-electron chi connectivity index (χ4n) is 2.48. The van der Waals surface area contributed by atoms with Gasteiger partial charge in [0.1, 0.15) is 12.4 Å². The lowest BCUT2D eigenvalue weighted by atomic mass is 10.00. The number of carbonyl (C=O) groups is 1. The Morgan fingerprint density at radius 3 is 2.61 bits per heavy atom. The van der Waals surface area contributed by atoms with E-state index < -0.39 is 0 Å². The highest BCUT2D eigenvalue weighted by Gasteiger charge is 2.11. The van der Waals surface area contributed by atoms with Crippen LogP contribution < -0.4 is 4.74 Å². The summed E-state index contributed by atoms with van der Waals surface area (Å²) in [7, 11) is 0. The predicted molar refractivity (Wildman–Crippen MR) is 90.6 cm³/mol. The van der Waals surface area contributed by atoms with E-state index in [1.807, 2.05) is 61.5 Å². The molecule has 0 bridgehead atoms. The minimum Gasteiger partial charge on any atom is -0.488 e. The Hall–Kier alpha value is -2.94. The molecule has 0 aliphatic heterocycles. The fraction of sp³-hybridized carbons (Fsp3) is 0.100. The molecule has 0 saturated heterocycles. The normalized spacial score (nSPS) is 10.3. The van der Waals surface area contributed by atoms with Gasteiger partial charge in [-0.3, -0.25) is 9.78 Å². The van der Waals surface area contributed by atoms with Gasteiger partial charge in [0.2, 0.25) is 0 Å². The molecule has 23 heavy (non-hydrogen) atoms. The molecule has 0 aliphatic carbocycles. The Bertz CT molecular complexity index is 813. The first-order chi connectivity index (χ1) is 11.3. The lowest BCUT2D eigenvalue weighted by Crippen LogP contribution is -2.00. The third-order valence-electron chi connectivity index (χ3n) is 3.61. The average molecular weight is 303 g/mol. The van der Waals surface area contributed by atoms with Crippen LogP contribution in [0.25, 0.3) is 11.1 Å². The standard InChI is InChI=1S/C20H17NO2/c1-15-10-17(12-21-11-15)18-8-5-9-20(19(18)13-22)23-14-16-6-3-2-4-7-16/h2-13H,14H2,1H3. The topological polar surface area (TPSA) is 39.2 Å². The minimum absolute atomic E-state index is 0.428. The second kappa shape index (κ2) is 6.88. The van der Waals surface area contributed by atoms with E-state index in [0.29, 0.717) is 17.9 Å². The number of aldehydes is 1. The lowest BCUT2D eigenvalue weighted by molar-refractivity contribution is 0.111. The molecule has 3 heteroatoms. The van der Waals surface area contributed by atoms with E-state index in [-0.39, 0.29) is 0 Å². The van der Waals surface area contributed by atoms with Gasteiger partial charge in [-0.15, -0.1) is 0 Å². The first-order valence-corrected chi connectivity index (χ1v) is 7.45. The highest BCUT2D eigenvalue weighted by Crippen LogP contribution is 2.30. The van der Waals surface area contributed by atoms with Gasteiger partial charge in [0.05, 0.1) is 5.56 Å². The first kappa shape index (κ1) is 15.0. The van der Waals surface area contributed by atoms with E-state index in [1.165, 1.54) is 0 Å². The third kappa shape index (κ3) is 3.46. The molecule has 1 heterocycles. The van der Waals surface area contributed by atoms with Gasteiger partial charge >= 0.3 is 0 Å². The quantitative estimate of drug-likeness (QED) is 0.654. The molecular weight excluding hydrogens is 286 g/mol. The first-order valence-electron chi connectivity index (χ1n) is 7.45. The van der Waals surface area contributed by atoms with Crippen molar-refractivity contribution in [3.8, 4) is 16.9 Å². The van der Waals surface area contributed by atoms with Gasteiger partial charge in [0.15, 0.2) is 6.29 Å². The zero-order valence-corrected chi connectivity index (χ0v) is 12.9. The van der Waals surface area contributed by atoms with Gasteiger partial charge in [-0.25, -0.2) is 0 Å². The number of aryl methyl sites for hydroxylation is 1. The van der Waals surface area contributed by atoms with Crippen molar-refractivity contribution in [1.29, 1.82) is 0 Å².